The zero-order valence-corrected chi connectivity index (χ0v) is 17.7. The number of hydrogen-bond acceptors (Lipinski definition) is 4. The monoisotopic (exact) mass is 434 g/mol. The summed E-state index contributed by atoms with van der Waals surface area (Å²) >= 11 is 12.1. The van der Waals surface area contributed by atoms with E-state index in [1.54, 1.807) is 6.08 Å². The van der Waals surface area contributed by atoms with E-state index in [0.29, 0.717) is 16.1 Å². The number of piperidine rings is 1. The number of likely N-dealkylation sites (tertiary alicyclic amines) is 1. The summed E-state index contributed by atoms with van der Waals surface area (Å²) in [6.45, 7) is 4.72. The van der Waals surface area contributed by atoms with Gasteiger partial charge < -0.3 is 20.4 Å². The van der Waals surface area contributed by atoms with Crippen molar-refractivity contribution >= 4 is 23.2 Å². The fourth-order valence-corrected chi connectivity index (χ4v) is 4.20. The fourth-order valence-electron chi connectivity index (χ4n) is 3.88. The summed E-state index contributed by atoms with van der Waals surface area (Å²) in [4.78, 5) is 4.59. The normalized spacial score (nSPS) is 20.0. The summed E-state index contributed by atoms with van der Waals surface area (Å²) in [6.07, 6.45) is 11.2. The summed E-state index contributed by atoms with van der Waals surface area (Å²) in [6, 6.07) is 6.29. The molecule has 0 aliphatic carbocycles. The number of hydrogen-bond donors (Lipinski definition) is 2. The van der Waals surface area contributed by atoms with E-state index in [1.165, 1.54) is 6.20 Å². The number of benzene rings is 1. The van der Waals surface area contributed by atoms with Crippen LogP contribution in [0.3, 0.4) is 0 Å². The van der Waals surface area contributed by atoms with E-state index in [0.717, 1.165) is 62.5 Å². The highest BCUT2D eigenvalue weighted by molar-refractivity contribution is 6.42. The number of nitrogens with zero attached hydrogens (tertiary/aromatic N) is 2. The first-order chi connectivity index (χ1) is 14.1. The molecule has 0 bridgehead atoms. The van der Waals surface area contributed by atoms with Crippen LogP contribution in [-0.4, -0.2) is 42.0 Å². The number of dihydropyridines is 1. The van der Waals surface area contributed by atoms with Gasteiger partial charge in [0.2, 0.25) is 0 Å². The van der Waals surface area contributed by atoms with E-state index in [4.69, 9.17) is 23.2 Å². The third-order valence-corrected chi connectivity index (χ3v) is 6.32. The number of allylic oxidation sites excluding steroid dienone is 4. The lowest BCUT2D eigenvalue weighted by Crippen LogP contribution is -2.44. The summed E-state index contributed by atoms with van der Waals surface area (Å²) in [7, 11) is 0. The van der Waals surface area contributed by atoms with Crippen molar-refractivity contribution in [2.45, 2.75) is 25.4 Å². The molecule has 0 saturated carbocycles. The van der Waals surface area contributed by atoms with Crippen molar-refractivity contribution in [3.63, 3.8) is 0 Å². The van der Waals surface area contributed by atoms with Gasteiger partial charge in [-0.05, 0) is 55.8 Å². The molecule has 1 aromatic rings. The highest BCUT2D eigenvalue weighted by Crippen LogP contribution is 2.25. The lowest BCUT2D eigenvalue weighted by atomic mass is 10.0. The zero-order chi connectivity index (χ0) is 20.2. The van der Waals surface area contributed by atoms with Gasteiger partial charge in [0.15, 0.2) is 0 Å². The van der Waals surface area contributed by atoms with Crippen molar-refractivity contribution in [3.8, 4) is 0 Å². The Kier molecular flexibility index (Phi) is 6.60. The predicted molar refractivity (Wildman–Crippen MR) is 117 cm³/mol. The first-order valence-corrected chi connectivity index (χ1v) is 10.7. The van der Waals surface area contributed by atoms with Crippen LogP contribution < -0.4 is 10.6 Å². The van der Waals surface area contributed by atoms with Crippen molar-refractivity contribution in [2.75, 3.05) is 26.2 Å². The highest BCUT2D eigenvalue weighted by Gasteiger charge is 2.22. The second-order valence-electron chi connectivity index (χ2n) is 7.56. The number of halogens is 3. The minimum Gasteiger partial charge on any atom is -0.357 e. The van der Waals surface area contributed by atoms with E-state index in [-0.39, 0.29) is 5.83 Å². The van der Waals surface area contributed by atoms with Crippen LogP contribution in [0.25, 0.3) is 0 Å². The molecule has 2 N–H and O–H groups in total. The third kappa shape index (κ3) is 5.23. The Balaban J connectivity index is 1.21. The van der Waals surface area contributed by atoms with Gasteiger partial charge in [-0.2, -0.15) is 0 Å². The molecule has 3 heterocycles. The van der Waals surface area contributed by atoms with Gasteiger partial charge in [0, 0.05) is 44.2 Å². The average Bonchev–Trinajstić information content (AvgIpc) is 2.74. The Hall–Kier alpha value is -1.79. The average molecular weight is 435 g/mol. The smallest absolute Gasteiger partial charge is 0.141 e. The first kappa shape index (κ1) is 20.5. The molecule has 154 valence electrons. The molecular formula is C22H25Cl2FN4. The van der Waals surface area contributed by atoms with Gasteiger partial charge in [-0.1, -0.05) is 29.3 Å². The van der Waals surface area contributed by atoms with Crippen molar-refractivity contribution in [3.05, 3.63) is 81.7 Å². The maximum Gasteiger partial charge on any atom is 0.141 e. The Labute approximate surface area is 181 Å². The number of nitrogens with one attached hydrogen (secondary N) is 2. The van der Waals surface area contributed by atoms with Crippen molar-refractivity contribution in [1.82, 2.24) is 20.4 Å². The van der Waals surface area contributed by atoms with Crippen LogP contribution in [0.4, 0.5) is 4.39 Å². The fraction of sp³-hybridized carbons (Fsp3) is 0.364. The number of rotatable bonds is 6. The molecule has 0 aromatic heterocycles. The molecule has 3 aliphatic heterocycles. The molecule has 29 heavy (non-hydrogen) atoms. The molecule has 4 nitrogen and oxygen atoms in total. The van der Waals surface area contributed by atoms with Gasteiger partial charge in [-0.3, -0.25) is 0 Å². The second-order valence-corrected chi connectivity index (χ2v) is 8.38. The molecule has 1 aromatic carbocycles. The van der Waals surface area contributed by atoms with Gasteiger partial charge in [-0.25, -0.2) is 4.39 Å². The molecule has 0 atom stereocenters. The topological polar surface area (TPSA) is 30.5 Å². The maximum atomic E-state index is 13.6. The van der Waals surface area contributed by atoms with Gasteiger partial charge in [0.05, 0.1) is 21.4 Å². The standard InChI is InChI=1S/C22H25Cl2FN4/c23-19-4-3-16(12-20(19)24)14-26-18-5-8-28(9-6-18)10-11-29-7-1-2-21-22(29)13-17(25)15-27-21/h1-4,7,12-13,15,18,26-27H,5-6,8-11,14H2. The minimum absolute atomic E-state index is 0.244. The van der Waals surface area contributed by atoms with Crippen LogP contribution in [0.2, 0.25) is 10.0 Å². The first-order valence-electron chi connectivity index (χ1n) is 9.97. The van der Waals surface area contributed by atoms with Crippen LogP contribution in [-0.2, 0) is 6.54 Å². The van der Waals surface area contributed by atoms with Crippen LogP contribution in [0.5, 0.6) is 0 Å². The van der Waals surface area contributed by atoms with Crippen molar-refractivity contribution in [2.24, 2.45) is 0 Å². The molecule has 4 rings (SSSR count). The van der Waals surface area contributed by atoms with Gasteiger partial charge in [0.1, 0.15) is 5.83 Å². The summed E-state index contributed by atoms with van der Waals surface area (Å²) < 4.78 is 13.6. The van der Waals surface area contributed by atoms with Gasteiger partial charge >= 0.3 is 0 Å². The molecule has 1 fully saturated rings. The van der Waals surface area contributed by atoms with Crippen LogP contribution in [0, 0.1) is 0 Å². The summed E-state index contributed by atoms with van der Waals surface area (Å²) in [5, 5.41) is 7.83. The lowest BCUT2D eigenvalue weighted by molar-refractivity contribution is 0.186. The molecule has 0 unspecified atom stereocenters. The van der Waals surface area contributed by atoms with E-state index in [9.17, 15) is 4.39 Å². The quantitative estimate of drug-likeness (QED) is 0.686. The van der Waals surface area contributed by atoms with Gasteiger partial charge in [-0.15, -0.1) is 0 Å². The van der Waals surface area contributed by atoms with E-state index in [1.807, 2.05) is 36.6 Å². The van der Waals surface area contributed by atoms with E-state index < -0.39 is 0 Å². The maximum absolute atomic E-state index is 13.6. The van der Waals surface area contributed by atoms with E-state index in [2.05, 4.69) is 20.4 Å². The summed E-state index contributed by atoms with van der Waals surface area (Å²) in [5.74, 6) is -0.244. The SMILES string of the molecule is FC1=CNC2=CC=CN(CCN3CCC(NCc4ccc(Cl)c(Cl)c4)CC3)C2=C1. The Morgan fingerprint density at radius 3 is 2.76 bits per heavy atom. The second kappa shape index (κ2) is 9.35. The van der Waals surface area contributed by atoms with Crippen LogP contribution >= 0.6 is 23.2 Å². The largest absolute Gasteiger partial charge is 0.357 e. The Morgan fingerprint density at radius 2 is 1.97 bits per heavy atom. The van der Waals surface area contributed by atoms with E-state index >= 15 is 0 Å². The highest BCUT2D eigenvalue weighted by atomic mass is 35.5. The molecule has 1 saturated heterocycles. The predicted octanol–water partition coefficient (Wildman–Crippen LogP) is 4.56. The Morgan fingerprint density at radius 1 is 1.14 bits per heavy atom. The molecule has 0 amide bonds. The minimum atomic E-state index is -0.244. The molecule has 0 spiro atoms. The zero-order valence-electron chi connectivity index (χ0n) is 16.2. The van der Waals surface area contributed by atoms with Crippen LogP contribution in [0.1, 0.15) is 18.4 Å². The van der Waals surface area contributed by atoms with Gasteiger partial charge in [0.25, 0.3) is 0 Å². The lowest BCUT2D eigenvalue weighted by Gasteiger charge is -2.35. The molecule has 0 radical (unpaired) electrons. The summed E-state index contributed by atoms with van der Waals surface area (Å²) in [5.41, 5.74) is 2.99. The van der Waals surface area contributed by atoms with Crippen molar-refractivity contribution in [1.29, 1.82) is 0 Å². The van der Waals surface area contributed by atoms with Crippen LogP contribution in [0.15, 0.2) is 66.0 Å². The number of fused-ring (bicyclic) bond motifs is 1. The molecular weight excluding hydrogens is 410 g/mol. The Bertz CT molecular complexity index is 870. The third-order valence-electron chi connectivity index (χ3n) is 5.58. The molecule has 3 aliphatic rings. The van der Waals surface area contributed by atoms with Crippen molar-refractivity contribution < 1.29 is 4.39 Å². The molecule has 7 heteroatoms.